The Morgan fingerprint density at radius 1 is 1.36 bits per heavy atom. The van der Waals surface area contributed by atoms with Crippen LogP contribution in [0.15, 0.2) is 41.7 Å². The molecule has 1 atom stereocenters. The lowest BCUT2D eigenvalue weighted by Gasteiger charge is -2.21. The van der Waals surface area contributed by atoms with E-state index < -0.39 is 0 Å². The SMILES string of the molecule is CN=C(NCCOc1ccc(C)cc1)N1CCC(c2cnn(C)c2)C1. The van der Waals surface area contributed by atoms with E-state index >= 15 is 0 Å². The summed E-state index contributed by atoms with van der Waals surface area (Å²) in [5.41, 5.74) is 2.55. The number of nitrogens with zero attached hydrogens (tertiary/aromatic N) is 4. The Morgan fingerprint density at radius 2 is 2.16 bits per heavy atom. The molecular formula is C19H27N5O. The van der Waals surface area contributed by atoms with Gasteiger partial charge in [-0.25, -0.2) is 0 Å². The molecule has 25 heavy (non-hydrogen) atoms. The van der Waals surface area contributed by atoms with Crippen molar-refractivity contribution in [3.8, 4) is 5.75 Å². The first kappa shape index (κ1) is 17.3. The second-order valence-corrected chi connectivity index (χ2v) is 6.51. The van der Waals surface area contributed by atoms with Crippen LogP contribution in [0.3, 0.4) is 0 Å². The maximum Gasteiger partial charge on any atom is 0.193 e. The van der Waals surface area contributed by atoms with Crippen LogP contribution in [-0.4, -0.2) is 53.9 Å². The van der Waals surface area contributed by atoms with Gasteiger partial charge in [0.05, 0.1) is 12.7 Å². The fourth-order valence-electron chi connectivity index (χ4n) is 3.17. The zero-order valence-corrected chi connectivity index (χ0v) is 15.3. The molecule has 0 spiro atoms. The molecular weight excluding hydrogens is 314 g/mol. The van der Waals surface area contributed by atoms with Crippen molar-refractivity contribution < 1.29 is 4.74 Å². The molecule has 1 aliphatic heterocycles. The number of likely N-dealkylation sites (tertiary alicyclic amines) is 1. The molecule has 0 aliphatic carbocycles. The first-order valence-electron chi connectivity index (χ1n) is 8.79. The second-order valence-electron chi connectivity index (χ2n) is 6.51. The van der Waals surface area contributed by atoms with Crippen molar-refractivity contribution in [2.45, 2.75) is 19.3 Å². The molecule has 0 amide bonds. The molecule has 1 aromatic heterocycles. The molecule has 2 heterocycles. The molecule has 1 fully saturated rings. The van der Waals surface area contributed by atoms with Crippen LogP contribution >= 0.6 is 0 Å². The van der Waals surface area contributed by atoms with Gasteiger partial charge >= 0.3 is 0 Å². The summed E-state index contributed by atoms with van der Waals surface area (Å²) in [7, 11) is 3.80. The van der Waals surface area contributed by atoms with E-state index in [4.69, 9.17) is 4.74 Å². The Morgan fingerprint density at radius 3 is 2.84 bits per heavy atom. The smallest absolute Gasteiger partial charge is 0.193 e. The Labute approximate surface area is 149 Å². The standard InChI is InChI=1S/C19H27N5O/c1-15-4-6-18(7-5-15)25-11-9-21-19(20-2)24-10-8-16(14-24)17-12-22-23(3)13-17/h4-7,12-13,16H,8-11,14H2,1-3H3,(H,20,21). The molecule has 0 radical (unpaired) electrons. The van der Waals surface area contributed by atoms with Crippen molar-refractivity contribution in [2.24, 2.45) is 12.0 Å². The molecule has 6 heteroatoms. The van der Waals surface area contributed by atoms with Crippen LogP contribution in [-0.2, 0) is 7.05 Å². The fraction of sp³-hybridized carbons (Fsp3) is 0.474. The molecule has 1 unspecified atom stereocenters. The summed E-state index contributed by atoms with van der Waals surface area (Å²) in [6.07, 6.45) is 5.21. The first-order valence-corrected chi connectivity index (χ1v) is 8.79. The van der Waals surface area contributed by atoms with Crippen molar-refractivity contribution in [2.75, 3.05) is 33.3 Å². The molecule has 134 valence electrons. The van der Waals surface area contributed by atoms with Crippen molar-refractivity contribution in [3.05, 3.63) is 47.8 Å². The topological polar surface area (TPSA) is 54.7 Å². The van der Waals surface area contributed by atoms with Crippen molar-refractivity contribution in [3.63, 3.8) is 0 Å². The average molecular weight is 341 g/mol. The number of benzene rings is 1. The molecule has 0 bridgehead atoms. The molecule has 1 aliphatic rings. The van der Waals surface area contributed by atoms with E-state index in [9.17, 15) is 0 Å². The van der Waals surface area contributed by atoms with Gasteiger partial charge < -0.3 is 15.0 Å². The third-order valence-electron chi connectivity index (χ3n) is 4.57. The third kappa shape index (κ3) is 4.53. The van der Waals surface area contributed by atoms with Gasteiger partial charge in [0.1, 0.15) is 12.4 Å². The van der Waals surface area contributed by atoms with Gasteiger partial charge in [0, 0.05) is 39.3 Å². The van der Waals surface area contributed by atoms with Crippen LogP contribution in [0.25, 0.3) is 0 Å². The highest BCUT2D eigenvalue weighted by atomic mass is 16.5. The van der Waals surface area contributed by atoms with E-state index in [0.717, 1.165) is 37.8 Å². The number of hydrogen-bond acceptors (Lipinski definition) is 3. The van der Waals surface area contributed by atoms with Crippen LogP contribution < -0.4 is 10.1 Å². The van der Waals surface area contributed by atoms with Gasteiger partial charge in [-0.3, -0.25) is 9.67 Å². The lowest BCUT2D eigenvalue weighted by molar-refractivity contribution is 0.319. The van der Waals surface area contributed by atoms with Crippen molar-refractivity contribution in [1.82, 2.24) is 20.0 Å². The summed E-state index contributed by atoms with van der Waals surface area (Å²) in [5.74, 6) is 2.37. The number of ether oxygens (including phenoxy) is 1. The number of aromatic nitrogens is 2. The normalized spacial score (nSPS) is 17.8. The number of rotatable bonds is 5. The number of guanidine groups is 1. The zero-order chi connectivity index (χ0) is 17.6. The molecule has 6 nitrogen and oxygen atoms in total. The van der Waals surface area contributed by atoms with Crippen molar-refractivity contribution >= 4 is 5.96 Å². The number of nitrogens with one attached hydrogen (secondary N) is 1. The first-order chi connectivity index (χ1) is 12.2. The summed E-state index contributed by atoms with van der Waals surface area (Å²) < 4.78 is 7.63. The molecule has 1 N–H and O–H groups in total. The van der Waals surface area contributed by atoms with Crippen LogP contribution in [0.5, 0.6) is 5.75 Å². The summed E-state index contributed by atoms with van der Waals surface area (Å²) in [6.45, 7) is 5.41. The van der Waals surface area contributed by atoms with Gasteiger partial charge in [0.15, 0.2) is 5.96 Å². The highest BCUT2D eigenvalue weighted by Crippen LogP contribution is 2.26. The summed E-state index contributed by atoms with van der Waals surface area (Å²) in [4.78, 5) is 6.72. The Bertz CT molecular complexity index is 707. The summed E-state index contributed by atoms with van der Waals surface area (Å²) in [5, 5.41) is 7.68. The van der Waals surface area contributed by atoms with Crippen LogP contribution in [0.4, 0.5) is 0 Å². The Hall–Kier alpha value is -2.50. The predicted molar refractivity (Wildman–Crippen MR) is 100 cm³/mol. The van der Waals surface area contributed by atoms with Gasteiger partial charge in [-0.1, -0.05) is 17.7 Å². The third-order valence-corrected chi connectivity index (χ3v) is 4.57. The minimum Gasteiger partial charge on any atom is -0.492 e. The van der Waals surface area contributed by atoms with Crippen LogP contribution in [0, 0.1) is 6.92 Å². The molecule has 0 saturated carbocycles. The average Bonchev–Trinajstić information content (AvgIpc) is 3.25. The highest BCUT2D eigenvalue weighted by molar-refractivity contribution is 5.80. The summed E-state index contributed by atoms with van der Waals surface area (Å²) in [6, 6.07) is 8.13. The maximum absolute atomic E-state index is 5.76. The van der Waals surface area contributed by atoms with Gasteiger partial charge in [0.25, 0.3) is 0 Å². The number of aryl methyl sites for hydroxylation is 2. The largest absolute Gasteiger partial charge is 0.492 e. The minimum absolute atomic E-state index is 0.524. The van der Waals surface area contributed by atoms with Gasteiger partial charge in [0.2, 0.25) is 0 Å². The molecule has 3 rings (SSSR count). The lowest BCUT2D eigenvalue weighted by Crippen LogP contribution is -2.41. The Kier molecular flexibility index (Phi) is 5.58. The van der Waals surface area contributed by atoms with E-state index in [2.05, 4.69) is 45.6 Å². The number of aliphatic imine (C=N–C) groups is 1. The monoisotopic (exact) mass is 341 g/mol. The fourth-order valence-corrected chi connectivity index (χ4v) is 3.17. The van der Waals surface area contributed by atoms with E-state index in [1.54, 1.807) is 0 Å². The molecule has 1 saturated heterocycles. The van der Waals surface area contributed by atoms with Gasteiger partial charge in [-0.05, 0) is 31.0 Å². The van der Waals surface area contributed by atoms with E-state index in [-0.39, 0.29) is 0 Å². The zero-order valence-electron chi connectivity index (χ0n) is 15.3. The lowest BCUT2D eigenvalue weighted by atomic mass is 10.0. The van der Waals surface area contributed by atoms with Crippen LogP contribution in [0.1, 0.15) is 23.5 Å². The number of hydrogen-bond donors (Lipinski definition) is 1. The van der Waals surface area contributed by atoms with E-state index in [1.165, 1.54) is 11.1 Å². The Balaban J connectivity index is 1.44. The quantitative estimate of drug-likeness (QED) is 0.514. The van der Waals surface area contributed by atoms with Crippen LogP contribution in [0.2, 0.25) is 0 Å². The predicted octanol–water partition coefficient (Wildman–Crippen LogP) is 2.17. The molecule has 1 aromatic carbocycles. The highest BCUT2D eigenvalue weighted by Gasteiger charge is 2.26. The minimum atomic E-state index is 0.524. The molecule has 2 aromatic rings. The van der Waals surface area contributed by atoms with E-state index in [1.807, 2.05) is 37.1 Å². The van der Waals surface area contributed by atoms with E-state index in [0.29, 0.717) is 12.5 Å². The van der Waals surface area contributed by atoms with Crippen molar-refractivity contribution in [1.29, 1.82) is 0 Å². The second kappa shape index (κ2) is 8.05. The summed E-state index contributed by atoms with van der Waals surface area (Å²) >= 11 is 0. The van der Waals surface area contributed by atoms with Gasteiger partial charge in [-0.15, -0.1) is 0 Å². The van der Waals surface area contributed by atoms with Gasteiger partial charge in [-0.2, -0.15) is 5.10 Å². The maximum atomic E-state index is 5.76.